The van der Waals surface area contributed by atoms with Gasteiger partial charge in [0.1, 0.15) is 5.69 Å². The molecule has 0 saturated carbocycles. The Morgan fingerprint density at radius 1 is 1.08 bits per heavy atom. The van der Waals surface area contributed by atoms with Crippen molar-refractivity contribution in [1.29, 1.82) is 0 Å². The second-order valence-electron chi connectivity index (χ2n) is 5.12. The molecule has 0 aliphatic heterocycles. The van der Waals surface area contributed by atoms with E-state index in [1.54, 1.807) is 6.07 Å². The lowest BCUT2D eigenvalue weighted by atomic mass is 10.1. The molecule has 0 unspecified atom stereocenters. The van der Waals surface area contributed by atoms with Crippen molar-refractivity contribution in [2.75, 3.05) is 4.90 Å². The number of carbonyl (C=O) groups excluding carboxylic acids is 2. The highest BCUT2D eigenvalue weighted by Crippen LogP contribution is 2.33. The van der Waals surface area contributed by atoms with Crippen LogP contribution < -0.4 is 4.90 Å². The first-order valence-electron chi connectivity index (χ1n) is 7.40. The molecular formula is C17H13F3N2O4. The number of anilines is 2. The van der Waals surface area contributed by atoms with Crippen LogP contribution in [0.25, 0.3) is 0 Å². The molecule has 6 nitrogen and oxygen atoms in total. The quantitative estimate of drug-likeness (QED) is 0.662. The topological polar surface area (TPSA) is 87.6 Å². The average molecular weight is 366 g/mol. The Morgan fingerprint density at radius 2 is 1.69 bits per heavy atom. The van der Waals surface area contributed by atoms with Crippen molar-refractivity contribution in [3.63, 3.8) is 0 Å². The van der Waals surface area contributed by atoms with Crippen LogP contribution >= 0.6 is 0 Å². The summed E-state index contributed by atoms with van der Waals surface area (Å²) in [5.74, 6) is -4.69. The third kappa shape index (κ3) is 3.88. The fourth-order valence-corrected chi connectivity index (χ4v) is 2.19. The Hall–Kier alpha value is -3.23. The molecule has 0 atom stereocenters. The van der Waals surface area contributed by atoms with Crippen molar-refractivity contribution < 1.29 is 32.7 Å². The summed E-state index contributed by atoms with van der Waals surface area (Å²) in [7, 11) is 0. The molecule has 136 valence electrons. The number of benzene rings is 1. The lowest BCUT2D eigenvalue weighted by molar-refractivity contribution is -0.148. The maximum absolute atomic E-state index is 13.0. The third-order valence-electron chi connectivity index (χ3n) is 3.40. The van der Waals surface area contributed by atoms with Crippen LogP contribution in [0.4, 0.5) is 24.7 Å². The lowest BCUT2D eigenvalue weighted by Crippen LogP contribution is -2.34. The van der Waals surface area contributed by atoms with E-state index in [0.29, 0.717) is 11.0 Å². The molecule has 1 amide bonds. The summed E-state index contributed by atoms with van der Waals surface area (Å²) in [6, 6.07) is 8.65. The van der Waals surface area contributed by atoms with Crippen LogP contribution in [0.2, 0.25) is 0 Å². The number of carbonyl (C=O) groups is 3. The molecule has 2 rings (SSSR count). The van der Waals surface area contributed by atoms with Crippen LogP contribution in [-0.4, -0.2) is 27.8 Å². The summed E-state index contributed by atoms with van der Waals surface area (Å²) in [6.07, 6.45) is -4.90. The van der Waals surface area contributed by atoms with E-state index < -0.39 is 35.3 Å². The normalized spacial score (nSPS) is 11.1. The highest BCUT2D eigenvalue weighted by atomic mass is 19.4. The van der Waals surface area contributed by atoms with Gasteiger partial charge in [0.05, 0.1) is 11.3 Å². The molecule has 0 aliphatic carbocycles. The minimum Gasteiger partial charge on any atom is -0.474 e. The zero-order valence-corrected chi connectivity index (χ0v) is 13.4. The number of para-hydroxylation sites is 1. The van der Waals surface area contributed by atoms with Crippen molar-refractivity contribution in [2.45, 2.75) is 19.5 Å². The molecule has 9 heteroatoms. The van der Waals surface area contributed by atoms with Gasteiger partial charge in [-0.1, -0.05) is 25.1 Å². The summed E-state index contributed by atoms with van der Waals surface area (Å²) < 4.78 is 39.1. The number of rotatable bonds is 4. The summed E-state index contributed by atoms with van der Waals surface area (Å²) >= 11 is 0. The van der Waals surface area contributed by atoms with Crippen LogP contribution in [0.1, 0.15) is 29.4 Å². The smallest absolute Gasteiger partial charge is 0.433 e. The first-order chi connectivity index (χ1) is 12.2. The number of hydrogen-bond donors (Lipinski definition) is 1. The van der Waals surface area contributed by atoms with E-state index in [-0.39, 0.29) is 17.7 Å². The molecule has 0 radical (unpaired) electrons. The van der Waals surface area contributed by atoms with E-state index in [1.807, 2.05) is 0 Å². The molecular weight excluding hydrogens is 353 g/mol. The molecule has 1 N–H and O–H groups in total. The van der Waals surface area contributed by atoms with Crippen molar-refractivity contribution in [2.24, 2.45) is 0 Å². The summed E-state index contributed by atoms with van der Waals surface area (Å²) in [5.41, 5.74) is -1.66. The molecule has 26 heavy (non-hydrogen) atoms. The summed E-state index contributed by atoms with van der Waals surface area (Å²) in [6.45, 7) is 1.48. The maximum atomic E-state index is 13.0. The standard InChI is InChI=1S/C17H13F3N2O4/c1-2-12(23)11-8-9-13(17(18,19)20)21-14(11)22(15(24)16(25)26)10-6-4-3-5-7-10/h3-9H,2H2,1H3,(H,25,26). The van der Waals surface area contributed by atoms with Gasteiger partial charge in [-0.2, -0.15) is 13.2 Å². The fraction of sp³-hybridized carbons (Fsp3) is 0.176. The van der Waals surface area contributed by atoms with Gasteiger partial charge in [0, 0.05) is 6.42 Å². The van der Waals surface area contributed by atoms with Crippen LogP contribution in [0.15, 0.2) is 42.5 Å². The fourth-order valence-electron chi connectivity index (χ4n) is 2.19. The minimum atomic E-state index is -4.84. The van der Waals surface area contributed by atoms with Gasteiger partial charge < -0.3 is 5.11 Å². The molecule has 2 aromatic rings. The molecule has 0 saturated heterocycles. The number of aliphatic carboxylic acids is 1. The van der Waals surface area contributed by atoms with Gasteiger partial charge in [-0.15, -0.1) is 0 Å². The molecule has 0 fully saturated rings. The second-order valence-corrected chi connectivity index (χ2v) is 5.12. The van der Waals surface area contributed by atoms with Crippen molar-refractivity contribution in [3.05, 3.63) is 53.7 Å². The molecule has 0 aliphatic rings. The van der Waals surface area contributed by atoms with E-state index in [9.17, 15) is 27.6 Å². The van der Waals surface area contributed by atoms with Gasteiger partial charge in [0.2, 0.25) is 0 Å². The Balaban J connectivity index is 2.78. The van der Waals surface area contributed by atoms with Gasteiger partial charge in [0.25, 0.3) is 0 Å². The number of nitrogens with zero attached hydrogens (tertiary/aromatic N) is 2. The Labute approximate surface area is 145 Å². The molecule has 0 bridgehead atoms. The third-order valence-corrected chi connectivity index (χ3v) is 3.40. The summed E-state index contributed by atoms with van der Waals surface area (Å²) in [5, 5.41) is 9.06. The molecule has 1 aromatic carbocycles. The van der Waals surface area contributed by atoms with Gasteiger partial charge in [0.15, 0.2) is 11.6 Å². The van der Waals surface area contributed by atoms with Crippen LogP contribution in [0, 0.1) is 0 Å². The number of alkyl halides is 3. The van der Waals surface area contributed by atoms with Gasteiger partial charge in [-0.05, 0) is 24.3 Å². The van der Waals surface area contributed by atoms with Crippen molar-refractivity contribution >= 4 is 29.2 Å². The average Bonchev–Trinajstić information content (AvgIpc) is 2.61. The number of pyridine rings is 1. The van der Waals surface area contributed by atoms with E-state index in [0.717, 1.165) is 6.07 Å². The highest BCUT2D eigenvalue weighted by molar-refractivity contribution is 6.39. The van der Waals surface area contributed by atoms with E-state index in [1.165, 1.54) is 31.2 Å². The number of Topliss-reactive ketones (excluding diaryl/α,β-unsaturated/α-hetero) is 1. The van der Waals surface area contributed by atoms with Gasteiger partial charge in [-0.25, -0.2) is 9.78 Å². The maximum Gasteiger partial charge on any atom is 0.433 e. The minimum absolute atomic E-state index is 0.0307. The number of halogens is 3. The number of hydrogen-bond acceptors (Lipinski definition) is 4. The number of carboxylic acid groups (broad SMARTS) is 1. The Bertz CT molecular complexity index is 851. The number of aromatic nitrogens is 1. The molecule has 1 heterocycles. The monoisotopic (exact) mass is 366 g/mol. The molecule has 1 aromatic heterocycles. The highest BCUT2D eigenvalue weighted by Gasteiger charge is 2.36. The van der Waals surface area contributed by atoms with Crippen LogP contribution in [-0.2, 0) is 15.8 Å². The number of carboxylic acids is 1. The Kier molecular flexibility index (Phi) is 5.39. The predicted octanol–water partition coefficient (Wildman–Crippen LogP) is 3.44. The van der Waals surface area contributed by atoms with Crippen molar-refractivity contribution in [3.8, 4) is 0 Å². The summed E-state index contributed by atoms with van der Waals surface area (Å²) in [4.78, 5) is 39.3. The zero-order valence-electron chi connectivity index (χ0n) is 13.4. The zero-order chi connectivity index (χ0) is 19.5. The van der Waals surface area contributed by atoms with E-state index >= 15 is 0 Å². The van der Waals surface area contributed by atoms with Crippen molar-refractivity contribution in [1.82, 2.24) is 4.98 Å². The largest absolute Gasteiger partial charge is 0.474 e. The number of ketones is 1. The van der Waals surface area contributed by atoms with Gasteiger partial charge >= 0.3 is 18.1 Å². The van der Waals surface area contributed by atoms with Crippen LogP contribution in [0.5, 0.6) is 0 Å². The second kappa shape index (κ2) is 7.34. The Morgan fingerprint density at radius 3 is 2.19 bits per heavy atom. The predicted molar refractivity (Wildman–Crippen MR) is 85.1 cm³/mol. The molecule has 0 spiro atoms. The van der Waals surface area contributed by atoms with E-state index in [4.69, 9.17) is 5.11 Å². The first-order valence-corrected chi connectivity index (χ1v) is 7.40. The number of amides is 1. The van der Waals surface area contributed by atoms with Crippen LogP contribution in [0.3, 0.4) is 0 Å². The first kappa shape index (κ1) is 19.1. The SMILES string of the molecule is CCC(=O)c1ccc(C(F)(F)F)nc1N(C(=O)C(=O)O)c1ccccc1. The van der Waals surface area contributed by atoms with Gasteiger partial charge in [-0.3, -0.25) is 14.5 Å². The lowest BCUT2D eigenvalue weighted by Gasteiger charge is -2.23. The van der Waals surface area contributed by atoms with E-state index in [2.05, 4.69) is 4.98 Å².